The highest BCUT2D eigenvalue weighted by molar-refractivity contribution is 5.94. The maximum Gasteiger partial charge on any atom is 0.408 e. The van der Waals surface area contributed by atoms with E-state index in [1.807, 2.05) is 24.3 Å². The number of carbonyl (C=O) groups excluding carboxylic acids is 3. The first kappa shape index (κ1) is 27.0. The molecule has 1 saturated carbocycles. The number of hydrogen-bond donors (Lipinski definition) is 3. The Kier molecular flexibility index (Phi) is 8.22. The first-order chi connectivity index (χ1) is 16.9. The van der Waals surface area contributed by atoms with Crippen LogP contribution in [0.2, 0.25) is 0 Å². The van der Waals surface area contributed by atoms with Crippen LogP contribution in [0.5, 0.6) is 0 Å². The number of ether oxygens (including phenoxy) is 1. The molecule has 0 unspecified atom stereocenters. The summed E-state index contributed by atoms with van der Waals surface area (Å²) in [6, 6.07) is 9.82. The normalized spacial score (nSPS) is 16.0. The van der Waals surface area contributed by atoms with Crippen molar-refractivity contribution in [3.05, 3.63) is 58.5 Å². The number of primary amides is 1. The van der Waals surface area contributed by atoms with Gasteiger partial charge in [0.2, 0.25) is 17.4 Å². The van der Waals surface area contributed by atoms with Crippen LogP contribution in [0.3, 0.4) is 0 Å². The predicted octanol–water partition coefficient (Wildman–Crippen LogP) is 2.79. The van der Waals surface area contributed by atoms with E-state index in [2.05, 4.69) is 10.6 Å². The zero-order chi connectivity index (χ0) is 26.5. The minimum Gasteiger partial charge on any atom is -0.444 e. The fraction of sp³-hybridized carbons (Fsp3) is 0.481. The first-order valence-electron chi connectivity index (χ1n) is 12.3. The molecule has 4 N–H and O–H groups in total. The van der Waals surface area contributed by atoms with Crippen LogP contribution in [-0.2, 0) is 27.8 Å². The van der Waals surface area contributed by atoms with Crippen LogP contribution in [0.25, 0.3) is 11.1 Å². The molecule has 1 atom stereocenters. The molecule has 1 fully saturated rings. The van der Waals surface area contributed by atoms with Gasteiger partial charge in [-0.25, -0.2) is 4.79 Å². The van der Waals surface area contributed by atoms with Gasteiger partial charge in [-0.15, -0.1) is 0 Å². The van der Waals surface area contributed by atoms with Crippen LogP contribution in [0.15, 0.2) is 47.4 Å². The SMILES string of the molecule is Cn1cc(-c2ccc(C[C@H](NC(=O)C3(NC(=O)OC(C)(C)C)CCCCC3)C(N)=O)cc2)ccc1=O. The number of alkyl carbamates (subject to hydrolysis) is 1. The molecule has 0 radical (unpaired) electrons. The molecular formula is C27H36N4O5. The molecule has 2 aromatic rings. The molecule has 0 aliphatic heterocycles. The second-order valence-corrected chi connectivity index (χ2v) is 10.5. The van der Waals surface area contributed by atoms with Crippen molar-refractivity contribution in [1.29, 1.82) is 0 Å². The number of rotatable bonds is 7. The number of nitrogens with zero attached hydrogens (tertiary/aromatic N) is 1. The molecular weight excluding hydrogens is 460 g/mol. The van der Waals surface area contributed by atoms with E-state index >= 15 is 0 Å². The van der Waals surface area contributed by atoms with Gasteiger partial charge in [0.25, 0.3) is 0 Å². The van der Waals surface area contributed by atoms with E-state index in [9.17, 15) is 19.2 Å². The molecule has 3 amide bonds. The van der Waals surface area contributed by atoms with Crippen LogP contribution < -0.4 is 21.9 Å². The molecule has 0 spiro atoms. The van der Waals surface area contributed by atoms with Crippen LogP contribution in [0, 0.1) is 0 Å². The molecule has 1 aliphatic rings. The Morgan fingerprint density at radius 3 is 2.19 bits per heavy atom. The van der Waals surface area contributed by atoms with Gasteiger partial charge in [0.15, 0.2) is 0 Å². The largest absolute Gasteiger partial charge is 0.444 e. The number of hydrogen-bond acceptors (Lipinski definition) is 5. The summed E-state index contributed by atoms with van der Waals surface area (Å²) in [6.07, 6.45) is 4.72. The Bertz CT molecular complexity index is 1160. The smallest absolute Gasteiger partial charge is 0.408 e. The van der Waals surface area contributed by atoms with Crippen LogP contribution in [0.4, 0.5) is 4.79 Å². The van der Waals surface area contributed by atoms with E-state index in [-0.39, 0.29) is 12.0 Å². The molecule has 0 saturated heterocycles. The summed E-state index contributed by atoms with van der Waals surface area (Å²) in [5, 5.41) is 5.56. The molecule has 3 rings (SSSR count). The summed E-state index contributed by atoms with van der Waals surface area (Å²) in [5.74, 6) is -1.09. The second kappa shape index (κ2) is 11.0. The van der Waals surface area contributed by atoms with Gasteiger partial charge in [-0.3, -0.25) is 14.4 Å². The summed E-state index contributed by atoms with van der Waals surface area (Å²) < 4.78 is 6.89. The minimum absolute atomic E-state index is 0.0905. The number of aromatic nitrogens is 1. The Morgan fingerprint density at radius 1 is 1.03 bits per heavy atom. The molecule has 1 aliphatic carbocycles. The van der Waals surface area contributed by atoms with Crippen LogP contribution >= 0.6 is 0 Å². The Morgan fingerprint density at radius 2 is 1.64 bits per heavy atom. The molecule has 1 heterocycles. The number of amides is 3. The van der Waals surface area contributed by atoms with Gasteiger partial charge in [-0.1, -0.05) is 43.5 Å². The fourth-order valence-electron chi connectivity index (χ4n) is 4.42. The monoisotopic (exact) mass is 496 g/mol. The summed E-state index contributed by atoms with van der Waals surface area (Å²) in [6.45, 7) is 5.27. The number of carbonyl (C=O) groups is 3. The topological polar surface area (TPSA) is 133 Å². The number of aryl methyl sites for hydroxylation is 1. The van der Waals surface area contributed by atoms with Gasteiger partial charge in [0, 0.05) is 25.7 Å². The number of nitrogens with two attached hydrogens (primary N) is 1. The van der Waals surface area contributed by atoms with Gasteiger partial charge >= 0.3 is 6.09 Å². The lowest BCUT2D eigenvalue weighted by atomic mass is 9.80. The van der Waals surface area contributed by atoms with Gasteiger partial charge in [0.1, 0.15) is 17.2 Å². The third kappa shape index (κ3) is 6.96. The Balaban J connectivity index is 1.73. The Labute approximate surface area is 211 Å². The van der Waals surface area contributed by atoms with Crippen molar-refractivity contribution in [3.8, 4) is 11.1 Å². The van der Waals surface area contributed by atoms with Crippen molar-refractivity contribution in [3.63, 3.8) is 0 Å². The lowest BCUT2D eigenvalue weighted by molar-refractivity contribution is -0.133. The lowest BCUT2D eigenvalue weighted by Crippen LogP contribution is -2.63. The fourth-order valence-corrected chi connectivity index (χ4v) is 4.42. The quantitative estimate of drug-likeness (QED) is 0.542. The van der Waals surface area contributed by atoms with Crippen molar-refractivity contribution in [2.24, 2.45) is 12.8 Å². The molecule has 36 heavy (non-hydrogen) atoms. The molecule has 0 bridgehead atoms. The maximum absolute atomic E-state index is 13.4. The molecule has 1 aromatic heterocycles. The zero-order valence-corrected chi connectivity index (χ0v) is 21.4. The van der Waals surface area contributed by atoms with Crippen molar-refractivity contribution in [1.82, 2.24) is 15.2 Å². The van der Waals surface area contributed by atoms with E-state index in [4.69, 9.17) is 10.5 Å². The van der Waals surface area contributed by atoms with Crippen LogP contribution in [-0.4, -0.2) is 39.7 Å². The minimum atomic E-state index is -1.15. The lowest BCUT2D eigenvalue weighted by Gasteiger charge is -2.37. The number of benzene rings is 1. The summed E-state index contributed by atoms with van der Waals surface area (Å²) in [5.41, 5.74) is 6.31. The average molecular weight is 497 g/mol. The van der Waals surface area contributed by atoms with E-state index < -0.39 is 35.1 Å². The van der Waals surface area contributed by atoms with Gasteiger partial charge in [-0.05, 0) is 56.4 Å². The average Bonchev–Trinajstić information content (AvgIpc) is 2.80. The third-order valence-electron chi connectivity index (χ3n) is 6.34. The van der Waals surface area contributed by atoms with Gasteiger partial charge in [0.05, 0.1) is 0 Å². The third-order valence-corrected chi connectivity index (χ3v) is 6.34. The number of nitrogens with one attached hydrogen (secondary N) is 2. The highest BCUT2D eigenvalue weighted by Gasteiger charge is 2.43. The van der Waals surface area contributed by atoms with Crippen molar-refractivity contribution in [2.45, 2.75) is 76.5 Å². The highest BCUT2D eigenvalue weighted by atomic mass is 16.6. The maximum atomic E-state index is 13.4. The van der Waals surface area contributed by atoms with E-state index in [0.717, 1.165) is 36.0 Å². The molecule has 9 nitrogen and oxygen atoms in total. The van der Waals surface area contributed by atoms with E-state index in [1.54, 1.807) is 40.1 Å². The predicted molar refractivity (Wildman–Crippen MR) is 137 cm³/mol. The van der Waals surface area contributed by atoms with Crippen molar-refractivity contribution < 1.29 is 19.1 Å². The zero-order valence-electron chi connectivity index (χ0n) is 21.4. The summed E-state index contributed by atoms with van der Waals surface area (Å²) in [4.78, 5) is 49.8. The summed E-state index contributed by atoms with van der Waals surface area (Å²) in [7, 11) is 1.69. The molecule has 1 aromatic carbocycles. The summed E-state index contributed by atoms with van der Waals surface area (Å²) >= 11 is 0. The molecule has 9 heteroatoms. The Hall–Kier alpha value is -3.62. The van der Waals surface area contributed by atoms with Gasteiger partial charge in [-0.2, -0.15) is 0 Å². The van der Waals surface area contributed by atoms with Gasteiger partial charge < -0.3 is 25.7 Å². The van der Waals surface area contributed by atoms with Crippen LogP contribution in [0.1, 0.15) is 58.4 Å². The first-order valence-corrected chi connectivity index (χ1v) is 12.3. The molecule has 194 valence electrons. The number of pyridine rings is 1. The van der Waals surface area contributed by atoms with E-state index in [1.165, 1.54) is 10.6 Å². The highest BCUT2D eigenvalue weighted by Crippen LogP contribution is 2.29. The van der Waals surface area contributed by atoms with Crippen molar-refractivity contribution in [2.75, 3.05) is 0 Å². The second-order valence-electron chi connectivity index (χ2n) is 10.5. The van der Waals surface area contributed by atoms with E-state index in [0.29, 0.717) is 12.8 Å². The van der Waals surface area contributed by atoms with Crippen molar-refractivity contribution >= 4 is 17.9 Å². The standard InChI is InChI=1S/C27H36N4O5/c1-26(2,3)36-25(35)30-27(14-6-5-7-15-27)24(34)29-21(23(28)33)16-18-8-10-19(11-9-18)20-12-13-22(32)31(4)17-20/h8-13,17,21H,5-7,14-16H2,1-4H3,(H2,28,33)(H,29,34)(H,30,35)/t21-/m0/s1.